The lowest BCUT2D eigenvalue weighted by molar-refractivity contribution is -0.123. The van der Waals surface area contributed by atoms with Gasteiger partial charge < -0.3 is 9.55 Å². The maximum Gasteiger partial charge on any atom is 0.330 e. The van der Waals surface area contributed by atoms with Crippen molar-refractivity contribution in [3.05, 3.63) is 23.8 Å². The number of hydrogen-bond donors (Lipinski definition) is 1. The van der Waals surface area contributed by atoms with Crippen LogP contribution in [0.1, 0.15) is 119 Å². The molecule has 1 saturated carbocycles. The van der Waals surface area contributed by atoms with Gasteiger partial charge in [0.15, 0.2) is 0 Å². The number of fused-ring (bicyclic) bond motifs is 1. The molecule has 0 saturated heterocycles. The Bertz CT molecular complexity index is 805. The van der Waals surface area contributed by atoms with Crippen molar-refractivity contribution in [3.63, 3.8) is 0 Å². The highest BCUT2D eigenvalue weighted by Gasteiger charge is 2.49. The fourth-order valence-corrected chi connectivity index (χ4v) is 4.57. The lowest BCUT2D eigenvalue weighted by Gasteiger charge is -2.41. The van der Waals surface area contributed by atoms with Crippen LogP contribution in [0.4, 0.5) is 5.69 Å². The van der Waals surface area contributed by atoms with Gasteiger partial charge in [-0.25, -0.2) is 0 Å². The Hall–Kier alpha value is -0.935. The quantitative estimate of drug-likeness (QED) is 0.215. The largest absolute Gasteiger partial charge is 0.428 e. The molecule has 0 N–H and O–H groups in total. The van der Waals surface area contributed by atoms with E-state index < -0.39 is 11.0 Å². The van der Waals surface area contributed by atoms with Crippen LogP contribution < -0.4 is 10.4 Å². The van der Waals surface area contributed by atoms with Crippen LogP contribution in [0.25, 0.3) is 0 Å². The van der Waals surface area contributed by atoms with Gasteiger partial charge in [0, 0.05) is 16.5 Å². The molecule has 34 heavy (non-hydrogen) atoms. The zero-order valence-electron chi connectivity index (χ0n) is 23.3. The van der Waals surface area contributed by atoms with E-state index in [1.807, 2.05) is 35.2 Å². The normalized spacial score (nSPS) is 21.5. The smallest absolute Gasteiger partial charge is 0.330 e. The summed E-state index contributed by atoms with van der Waals surface area (Å²) in [6.45, 7) is 19.0. The van der Waals surface area contributed by atoms with Gasteiger partial charge in [-0.3, -0.25) is 4.79 Å². The van der Waals surface area contributed by atoms with Crippen molar-refractivity contribution in [2.45, 2.75) is 135 Å². The summed E-state index contributed by atoms with van der Waals surface area (Å²) in [6.07, 6.45) is 10.4. The van der Waals surface area contributed by atoms with Gasteiger partial charge in [-0.2, -0.15) is 12.6 Å². The molecule has 0 aromatic heterocycles. The molecule has 1 radical (unpaired) electrons. The number of anilines is 1. The van der Waals surface area contributed by atoms with E-state index in [1.165, 1.54) is 38.5 Å². The number of carbonyl (C=O) groups excluding carboxylic acids is 1. The van der Waals surface area contributed by atoms with Gasteiger partial charge in [0.2, 0.25) is 5.91 Å². The fourth-order valence-electron chi connectivity index (χ4n) is 4.52. The molecule has 3 rings (SSSR count). The highest BCUT2D eigenvalue weighted by molar-refractivity contribution is 7.81. The Kier molecular flexibility index (Phi) is 10.2. The molecule has 1 aliphatic heterocycles. The molecule has 1 aromatic rings. The first-order chi connectivity index (χ1) is 15.8. The first-order valence-corrected chi connectivity index (χ1v) is 14.0. The van der Waals surface area contributed by atoms with Gasteiger partial charge >= 0.3 is 7.48 Å². The van der Waals surface area contributed by atoms with E-state index in [0.29, 0.717) is 6.04 Å². The van der Waals surface area contributed by atoms with E-state index in [9.17, 15) is 4.79 Å². The van der Waals surface area contributed by atoms with E-state index >= 15 is 0 Å². The number of hydrogen-bond acceptors (Lipinski definition) is 3. The zero-order chi connectivity index (χ0) is 25.7. The number of carbonyl (C=O) groups is 1. The second-order valence-corrected chi connectivity index (χ2v) is 13.0. The number of unbranched alkanes of at least 4 members (excludes halogenated alkanes) is 4. The number of nitrogens with zero attached hydrogens (tertiary/aromatic N) is 1. The molecule has 1 aromatic carbocycles. The van der Waals surface area contributed by atoms with Crippen LogP contribution in [0, 0.1) is 5.92 Å². The first-order valence-electron chi connectivity index (χ1n) is 13.5. The molecule has 2 aliphatic rings. The minimum atomic E-state index is -0.460. The molecule has 0 atom stereocenters. The van der Waals surface area contributed by atoms with Crippen LogP contribution >= 0.6 is 12.6 Å². The predicted molar refractivity (Wildman–Crippen MR) is 152 cm³/mol. The summed E-state index contributed by atoms with van der Waals surface area (Å²) in [5.74, 6) is 0.985. The predicted octanol–water partition coefficient (Wildman–Crippen LogP) is 7.22. The molecular formula is C29H49BNO2S. The molecule has 0 bridgehead atoms. The molecule has 1 heterocycles. The van der Waals surface area contributed by atoms with Crippen molar-refractivity contribution in [1.29, 1.82) is 0 Å². The number of rotatable bonds is 10. The molecular weight excluding hydrogens is 437 g/mol. The summed E-state index contributed by atoms with van der Waals surface area (Å²) in [5, 5.41) is 0. The zero-order valence-corrected chi connectivity index (χ0v) is 24.2. The standard InChI is InChI=1S/C22H33BNO2S.C7H16/c1-8-14-11-16(12-14)24-18-13-15(23-26-21(4,5)22(6,7)27)9-10-17(18)20(2,3)19(24)25;1-3-5-7-6-4-2/h9-10,13-14,16,27H,8,11-12H2,1-7H3;3-7H2,1-2H3. The minimum Gasteiger partial charge on any atom is -0.428 e. The average molecular weight is 487 g/mol. The summed E-state index contributed by atoms with van der Waals surface area (Å²) in [6, 6.07) is 6.60. The van der Waals surface area contributed by atoms with E-state index in [-0.39, 0.29) is 10.7 Å². The van der Waals surface area contributed by atoms with Crippen LogP contribution in [0.3, 0.4) is 0 Å². The minimum absolute atomic E-state index is 0.229. The first kappa shape index (κ1) is 29.3. The van der Waals surface area contributed by atoms with Gasteiger partial charge in [0.1, 0.15) is 0 Å². The third-order valence-electron chi connectivity index (χ3n) is 8.03. The van der Waals surface area contributed by atoms with E-state index in [4.69, 9.17) is 4.65 Å². The van der Waals surface area contributed by atoms with Crippen LogP contribution in [0.2, 0.25) is 0 Å². The Morgan fingerprint density at radius 1 is 1.06 bits per heavy atom. The Morgan fingerprint density at radius 3 is 2.15 bits per heavy atom. The third kappa shape index (κ3) is 6.63. The van der Waals surface area contributed by atoms with Crippen molar-refractivity contribution in [1.82, 2.24) is 0 Å². The van der Waals surface area contributed by atoms with Gasteiger partial charge in [0.05, 0.1) is 11.0 Å². The van der Waals surface area contributed by atoms with Crippen LogP contribution in [-0.4, -0.2) is 29.8 Å². The summed E-state index contributed by atoms with van der Waals surface area (Å²) in [4.78, 5) is 15.2. The molecule has 0 spiro atoms. The molecule has 0 unspecified atom stereocenters. The van der Waals surface area contributed by atoms with E-state index in [2.05, 4.69) is 70.3 Å². The van der Waals surface area contributed by atoms with Crippen LogP contribution in [-0.2, 0) is 14.9 Å². The third-order valence-corrected chi connectivity index (χ3v) is 8.57. The Balaban J connectivity index is 0.000000509. The van der Waals surface area contributed by atoms with Crippen molar-refractivity contribution in [2.75, 3.05) is 4.90 Å². The summed E-state index contributed by atoms with van der Waals surface area (Å²) in [5.41, 5.74) is 2.30. The van der Waals surface area contributed by atoms with Crippen LogP contribution in [0.5, 0.6) is 0 Å². The van der Waals surface area contributed by atoms with Crippen molar-refractivity contribution in [2.24, 2.45) is 5.92 Å². The average Bonchev–Trinajstić information content (AvgIpc) is 2.92. The molecule has 3 nitrogen and oxygen atoms in total. The topological polar surface area (TPSA) is 29.5 Å². The molecule has 1 fully saturated rings. The lowest BCUT2D eigenvalue weighted by atomic mass is 9.77. The highest BCUT2D eigenvalue weighted by Crippen LogP contribution is 2.46. The van der Waals surface area contributed by atoms with Gasteiger partial charge in [-0.05, 0) is 71.9 Å². The monoisotopic (exact) mass is 486 g/mol. The number of thiol groups is 1. The second-order valence-electron chi connectivity index (χ2n) is 11.8. The number of amides is 1. The van der Waals surface area contributed by atoms with Gasteiger partial charge in [-0.1, -0.05) is 76.9 Å². The molecule has 5 heteroatoms. The molecule has 1 amide bonds. The Morgan fingerprint density at radius 2 is 1.65 bits per heavy atom. The lowest BCUT2D eigenvalue weighted by Crippen LogP contribution is -2.49. The fraction of sp³-hybridized carbons (Fsp3) is 0.759. The van der Waals surface area contributed by atoms with E-state index in [1.54, 1.807) is 0 Å². The maximum atomic E-state index is 13.1. The summed E-state index contributed by atoms with van der Waals surface area (Å²) < 4.78 is 5.81. The van der Waals surface area contributed by atoms with Gasteiger partial charge in [-0.15, -0.1) is 0 Å². The van der Waals surface area contributed by atoms with E-state index in [0.717, 1.165) is 35.5 Å². The second kappa shape index (κ2) is 11.9. The Labute approximate surface area is 216 Å². The summed E-state index contributed by atoms with van der Waals surface area (Å²) in [7, 11) is 1.81. The SMILES string of the molecule is CCC1CC(N2C(=O)C(C)(C)c3ccc([B]OC(C)(C)C(C)(C)S)cc32)C1.CCCCCCC. The highest BCUT2D eigenvalue weighted by atomic mass is 32.1. The molecule has 1 aliphatic carbocycles. The van der Waals surface area contributed by atoms with Crippen molar-refractivity contribution < 1.29 is 9.45 Å². The van der Waals surface area contributed by atoms with Gasteiger partial charge in [0.25, 0.3) is 0 Å². The number of benzene rings is 1. The molecule has 191 valence electrons. The van der Waals surface area contributed by atoms with Crippen molar-refractivity contribution in [3.8, 4) is 0 Å². The van der Waals surface area contributed by atoms with Crippen molar-refractivity contribution >= 4 is 37.2 Å². The van der Waals surface area contributed by atoms with Crippen LogP contribution in [0.15, 0.2) is 18.2 Å². The summed E-state index contributed by atoms with van der Waals surface area (Å²) >= 11 is 4.66. The maximum absolute atomic E-state index is 13.1.